The second kappa shape index (κ2) is 8.14. The van der Waals surface area contributed by atoms with Crippen molar-refractivity contribution < 1.29 is 14.1 Å². The molecule has 6 heteroatoms. The molecule has 25 heavy (non-hydrogen) atoms. The highest BCUT2D eigenvalue weighted by Crippen LogP contribution is 2.31. The molecule has 0 aliphatic heterocycles. The third-order valence-electron chi connectivity index (χ3n) is 4.79. The van der Waals surface area contributed by atoms with Gasteiger partial charge in [0.15, 0.2) is 5.82 Å². The number of aromatic nitrogens is 2. The highest BCUT2D eigenvalue weighted by molar-refractivity contribution is 5.94. The van der Waals surface area contributed by atoms with Gasteiger partial charge in [-0.1, -0.05) is 24.4 Å². The predicted molar refractivity (Wildman–Crippen MR) is 93.8 cm³/mol. The monoisotopic (exact) mass is 343 g/mol. The Morgan fingerprint density at radius 3 is 2.64 bits per heavy atom. The summed E-state index contributed by atoms with van der Waals surface area (Å²) < 4.78 is 10.5. The van der Waals surface area contributed by atoms with E-state index >= 15 is 0 Å². The summed E-state index contributed by atoms with van der Waals surface area (Å²) in [6, 6.07) is 7.12. The van der Waals surface area contributed by atoms with E-state index in [1.807, 2.05) is 0 Å². The summed E-state index contributed by atoms with van der Waals surface area (Å²) in [6.07, 6.45) is 6.64. The molecule has 0 bridgehead atoms. The molecule has 0 saturated heterocycles. The van der Waals surface area contributed by atoms with Crippen molar-refractivity contribution in [3.05, 3.63) is 41.5 Å². The van der Waals surface area contributed by atoms with E-state index in [0.29, 0.717) is 30.3 Å². The Morgan fingerprint density at radius 1 is 1.24 bits per heavy atom. The molecule has 0 atom stereocenters. The summed E-state index contributed by atoms with van der Waals surface area (Å²) in [5.41, 5.74) is 0.638. The lowest BCUT2D eigenvalue weighted by Crippen LogP contribution is -2.29. The number of methoxy groups -OCH3 is 1. The molecule has 1 heterocycles. The summed E-state index contributed by atoms with van der Waals surface area (Å²) in [7, 11) is 3.39. The van der Waals surface area contributed by atoms with Crippen LogP contribution in [0, 0.1) is 0 Å². The van der Waals surface area contributed by atoms with Crippen LogP contribution >= 0.6 is 0 Å². The molecule has 134 valence electrons. The summed E-state index contributed by atoms with van der Waals surface area (Å²) in [6.45, 7) is 0.550. The van der Waals surface area contributed by atoms with Crippen molar-refractivity contribution in [2.75, 3.05) is 20.7 Å². The molecule has 1 saturated carbocycles. The fourth-order valence-corrected chi connectivity index (χ4v) is 3.21. The zero-order valence-electron chi connectivity index (χ0n) is 14.9. The first kappa shape index (κ1) is 17.5. The largest absolute Gasteiger partial charge is 0.497 e. The molecule has 0 unspecified atom stereocenters. The molecular formula is C19H25N3O3. The lowest BCUT2D eigenvalue weighted by Gasteiger charge is -2.17. The van der Waals surface area contributed by atoms with Gasteiger partial charge >= 0.3 is 0 Å². The maximum Gasteiger partial charge on any atom is 0.253 e. The Labute approximate surface area is 148 Å². The van der Waals surface area contributed by atoms with Gasteiger partial charge in [-0.3, -0.25) is 4.79 Å². The van der Waals surface area contributed by atoms with Crippen LogP contribution in [0.4, 0.5) is 0 Å². The van der Waals surface area contributed by atoms with E-state index in [4.69, 9.17) is 9.26 Å². The number of likely N-dealkylation sites (N-methyl/N-ethyl adjacent to an activating group) is 1. The zero-order chi connectivity index (χ0) is 17.6. The number of hydrogen-bond donors (Lipinski definition) is 0. The molecule has 1 aliphatic carbocycles. The molecule has 0 radical (unpaired) electrons. The van der Waals surface area contributed by atoms with Crippen LogP contribution in [0.5, 0.6) is 5.75 Å². The Kier molecular flexibility index (Phi) is 5.68. The third-order valence-corrected chi connectivity index (χ3v) is 4.79. The first-order valence-corrected chi connectivity index (χ1v) is 8.89. The van der Waals surface area contributed by atoms with Crippen molar-refractivity contribution in [2.45, 2.75) is 44.4 Å². The lowest BCUT2D eigenvalue weighted by atomic mass is 9.89. The molecule has 1 aromatic carbocycles. The Bertz CT molecular complexity index is 690. The number of carbonyl (C=O) groups is 1. The number of ether oxygens (including phenoxy) is 1. The third kappa shape index (κ3) is 4.38. The maximum atomic E-state index is 12.4. The molecule has 1 aliphatic rings. The van der Waals surface area contributed by atoms with Gasteiger partial charge in [0.1, 0.15) is 5.75 Å². The fourth-order valence-electron chi connectivity index (χ4n) is 3.21. The quantitative estimate of drug-likeness (QED) is 0.803. The fraction of sp³-hybridized carbons (Fsp3) is 0.526. The molecule has 6 nitrogen and oxygen atoms in total. The summed E-state index contributed by atoms with van der Waals surface area (Å²) in [5.74, 6) is 2.56. The van der Waals surface area contributed by atoms with E-state index in [1.54, 1.807) is 43.3 Å². The van der Waals surface area contributed by atoms with Gasteiger partial charge in [0, 0.05) is 31.5 Å². The van der Waals surface area contributed by atoms with Crippen LogP contribution in [0.3, 0.4) is 0 Å². The van der Waals surface area contributed by atoms with Crippen LogP contribution in [-0.4, -0.2) is 41.6 Å². The van der Waals surface area contributed by atoms with Crippen molar-refractivity contribution in [3.63, 3.8) is 0 Å². The van der Waals surface area contributed by atoms with Gasteiger partial charge in [-0.2, -0.15) is 4.98 Å². The van der Waals surface area contributed by atoms with Gasteiger partial charge in [-0.15, -0.1) is 0 Å². The second-order valence-corrected chi connectivity index (χ2v) is 6.59. The van der Waals surface area contributed by atoms with E-state index in [2.05, 4.69) is 10.1 Å². The average molecular weight is 343 g/mol. The Hall–Kier alpha value is -2.37. The lowest BCUT2D eigenvalue weighted by molar-refractivity contribution is 0.0795. The smallest absolute Gasteiger partial charge is 0.253 e. The van der Waals surface area contributed by atoms with Crippen molar-refractivity contribution >= 4 is 5.91 Å². The van der Waals surface area contributed by atoms with Crippen LogP contribution in [0.2, 0.25) is 0 Å². The highest BCUT2D eigenvalue weighted by Gasteiger charge is 2.21. The average Bonchev–Trinajstić information content (AvgIpc) is 3.15. The zero-order valence-corrected chi connectivity index (χ0v) is 14.9. The van der Waals surface area contributed by atoms with Crippen LogP contribution in [0.25, 0.3) is 0 Å². The van der Waals surface area contributed by atoms with Crippen LogP contribution in [0.1, 0.15) is 60.1 Å². The number of amides is 1. The van der Waals surface area contributed by atoms with E-state index in [9.17, 15) is 4.79 Å². The van der Waals surface area contributed by atoms with Crippen LogP contribution in [0.15, 0.2) is 28.8 Å². The summed E-state index contributed by atoms with van der Waals surface area (Å²) in [4.78, 5) is 18.6. The minimum atomic E-state index is -0.0290. The van der Waals surface area contributed by atoms with Gasteiger partial charge in [0.05, 0.1) is 7.11 Å². The van der Waals surface area contributed by atoms with E-state index in [-0.39, 0.29) is 5.91 Å². The van der Waals surface area contributed by atoms with Gasteiger partial charge < -0.3 is 14.2 Å². The Morgan fingerprint density at radius 2 is 1.96 bits per heavy atom. The standard InChI is InChI=1S/C19H25N3O3/c1-22(19(23)15-8-10-16(24-2)11-9-15)13-12-17-20-18(25-21-17)14-6-4-3-5-7-14/h8-11,14H,3-7,12-13H2,1-2H3. The number of nitrogens with zero attached hydrogens (tertiary/aromatic N) is 3. The van der Waals surface area contributed by atoms with Crippen LogP contribution in [-0.2, 0) is 6.42 Å². The van der Waals surface area contributed by atoms with Crippen molar-refractivity contribution in [1.82, 2.24) is 15.0 Å². The van der Waals surface area contributed by atoms with E-state index in [1.165, 1.54) is 19.3 Å². The number of benzene rings is 1. The van der Waals surface area contributed by atoms with Gasteiger partial charge in [0.2, 0.25) is 5.89 Å². The molecule has 1 fully saturated rings. The van der Waals surface area contributed by atoms with Crippen molar-refractivity contribution in [3.8, 4) is 5.75 Å². The topological polar surface area (TPSA) is 68.5 Å². The highest BCUT2D eigenvalue weighted by atomic mass is 16.5. The van der Waals surface area contributed by atoms with Crippen molar-refractivity contribution in [1.29, 1.82) is 0 Å². The van der Waals surface area contributed by atoms with Crippen LogP contribution < -0.4 is 4.74 Å². The van der Waals surface area contributed by atoms with Gasteiger partial charge in [-0.25, -0.2) is 0 Å². The number of carbonyl (C=O) groups excluding carboxylic acids is 1. The molecule has 1 aromatic heterocycles. The summed E-state index contributed by atoms with van der Waals surface area (Å²) >= 11 is 0. The number of hydrogen-bond acceptors (Lipinski definition) is 5. The normalized spacial score (nSPS) is 15.1. The first-order chi connectivity index (χ1) is 12.2. The second-order valence-electron chi connectivity index (χ2n) is 6.59. The molecule has 0 N–H and O–H groups in total. The number of rotatable bonds is 6. The molecule has 0 spiro atoms. The molecule has 2 aromatic rings. The van der Waals surface area contributed by atoms with E-state index < -0.39 is 0 Å². The minimum Gasteiger partial charge on any atom is -0.497 e. The van der Waals surface area contributed by atoms with Crippen molar-refractivity contribution in [2.24, 2.45) is 0 Å². The maximum absolute atomic E-state index is 12.4. The predicted octanol–water partition coefficient (Wildman–Crippen LogP) is 3.44. The van der Waals surface area contributed by atoms with Gasteiger partial charge in [-0.05, 0) is 37.1 Å². The molecule has 1 amide bonds. The first-order valence-electron chi connectivity index (χ1n) is 8.89. The summed E-state index contributed by atoms with van der Waals surface area (Å²) in [5, 5.41) is 4.08. The Balaban J connectivity index is 1.53. The molecule has 3 rings (SSSR count). The SMILES string of the molecule is COc1ccc(C(=O)N(C)CCc2noc(C3CCCCC3)n2)cc1. The minimum absolute atomic E-state index is 0.0290. The van der Waals surface area contributed by atoms with Gasteiger partial charge in [0.25, 0.3) is 5.91 Å². The van der Waals surface area contributed by atoms with E-state index in [0.717, 1.165) is 24.5 Å². The molecular weight excluding hydrogens is 318 g/mol.